The number of unbranched alkanes of at least 4 members (excludes halogenated alkanes) is 1. The van der Waals surface area contributed by atoms with Crippen molar-refractivity contribution in [3.8, 4) is 0 Å². The van der Waals surface area contributed by atoms with Gasteiger partial charge in [-0.3, -0.25) is 4.79 Å². The van der Waals surface area contributed by atoms with Crippen molar-refractivity contribution in [3.63, 3.8) is 0 Å². The standard InChI is InChI=1S/C20H27N3O4S/c1-5-7-14-23(4)28(25,26)17-11-8-16(9-12-17)10-13-18-20(15(3)22-27-18)21-19(24)6-2/h8-13H,5-7,14H2,1-4H3,(H,21,24)/b13-10-. The molecule has 0 atom stereocenters. The van der Waals surface area contributed by atoms with Crippen LogP contribution in [0.25, 0.3) is 12.2 Å². The topological polar surface area (TPSA) is 92.5 Å². The molecule has 1 aromatic carbocycles. The Balaban J connectivity index is 2.16. The van der Waals surface area contributed by atoms with E-state index in [-0.39, 0.29) is 10.8 Å². The average Bonchev–Trinajstić information content (AvgIpc) is 3.04. The number of carbonyl (C=O) groups excluding carboxylic acids is 1. The second-order valence-corrected chi connectivity index (χ2v) is 8.54. The quantitative estimate of drug-likeness (QED) is 0.682. The van der Waals surface area contributed by atoms with Crippen LogP contribution < -0.4 is 5.32 Å². The molecule has 1 N–H and O–H groups in total. The molecule has 8 heteroatoms. The summed E-state index contributed by atoms with van der Waals surface area (Å²) in [6.45, 7) is 6.04. The molecule has 0 saturated carbocycles. The van der Waals surface area contributed by atoms with Crippen molar-refractivity contribution in [3.05, 3.63) is 41.3 Å². The summed E-state index contributed by atoms with van der Waals surface area (Å²) < 4.78 is 31.7. The molecule has 1 amide bonds. The van der Waals surface area contributed by atoms with Gasteiger partial charge in [0.2, 0.25) is 15.9 Å². The minimum absolute atomic E-state index is 0.122. The van der Waals surface area contributed by atoms with Gasteiger partial charge in [0.15, 0.2) is 5.76 Å². The van der Waals surface area contributed by atoms with E-state index >= 15 is 0 Å². The lowest BCUT2D eigenvalue weighted by Crippen LogP contribution is -2.27. The van der Waals surface area contributed by atoms with Gasteiger partial charge in [0.25, 0.3) is 0 Å². The number of aromatic nitrogens is 1. The maximum Gasteiger partial charge on any atom is 0.242 e. The number of anilines is 1. The molecule has 7 nitrogen and oxygen atoms in total. The maximum absolute atomic E-state index is 12.6. The number of benzene rings is 1. The zero-order chi connectivity index (χ0) is 20.7. The van der Waals surface area contributed by atoms with Gasteiger partial charge in [-0.2, -0.15) is 0 Å². The lowest BCUT2D eigenvalue weighted by atomic mass is 10.2. The van der Waals surface area contributed by atoms with Gasteiger partial charge in [-0.1, -0.05) is 43.6 Å². The normalized spacial score (nSPS) is 12.0. The van der Waals surface area contributed by atoms with Crippen molar-refractivity contribution in [2.24, 2.45) is 0 Å². The van der Waals surface area contributed by atoms with E-state index in [0.29, 0.717) is 30.1 Å². The van der Waals surface area contributed by atoms with Crippen molar-refractivity contribution in [1.82, 2.24) is 9.46 Å². The zero-order valence-electron chi connectivity index (χ0n) is 16.7. The number of rotatable bonds is 9. The molecule has 0 unspecified atom stereocenters. The molecule has 0 aliphatic heterocycles. The summed E-state index contributed by atoms with van der Waals surface area (Å²) in [4.78, 5) is 11.9. The van der Waals surface area contributed by atoms with Crippen molar-refractivity contribution in [2.75, 3.05) is 18.9 Å². The van der Waals surface area contributed by atoms with Crippen LogP contribution in [-0.2, 0) is 14.8 Å². The van der Waals surface area contributed by atoms with Crippen molar-refractivity contribution in [1.29, 1.82) is 0 Å². The zero-order valence-corrected chi connectivity index (χ0v) is 17.5. The Kier molecular flexibility index (Phi) is 7.53. The van der Waals surface area contributed by atoms with E-state index in [9.17, 15) is 13.2 Å². The first-order valence-electron chi connectivity index (χ1n) is 9.30. The highest BCUT2D eigenvalue weighted by atomic mass is 32.2. The van der Waals surface area contributed by atoms with Gasteiger partial charge < -0.3 is 9.84 Å². The highest BCUT2D eigenvalue weighted by Crippen LogP contribution is 2.23. The van der Waals surface area contributed by atoms with E-state index in [0.717, 1.165) is 18.4 Å². The summed E-state index contributed by atoms with van der Waals surface area (Å²) in [5.74, 6) is 0.318. The molecule has 0 aliphatic carbocycles. The molecule has 2 rings (SSSR count). The number of sulfonamides is 1. The van der Waals surface area contributed by atoms with Crippen LogP contribution in [0.15, 0.2) is 33.7 Å². The SMILES string of the molecule is CCCCN(C)S(=O)(=O)c1ccc(/C=C\c2onc(C)c2NC(=O)CC)cc1. The third kappa shape index (κ3) is 5.30. The van der Waals surface area contributed by atoms with Gasteiger partial charge in [0, 0.05) is 20.0 Å². The summed E-state index contributed by atoms with van der Waals surface area (Å²) >= 11 is 0. The monoisotopic (exact) mass is 405 g/mol. The molecule has 1 heterocycles. The molecular weight excluding hydrogens is 378 g/mol. The number of hydrogen-bond donors (Lipinski definition) is 1. The summed E-state index contributed by atoms with van der Waals surface area (Å²) in [7, 11) is -1.89. The second kappa shape index (κ2) is 9.66. The molecule has 0 spiro atoms. The number of nitrogens with zero attached hydrogens (tertiary/aromatic N) is 2. The Morgan fingerprint density at radius 2 is 1.89 bits per heavy atom. The van der Waals surface area contributed by atoms with Crippen LogP contribution in [0.4, 0.5) is 5.69 Å². The predicted molar refractivity (Wildman–Crippen MR) is 110 cm³/mol. The predicted octanol–water partition coefficient (Wildman–Crippen LogP) is 3.92. The van der Waals surface area contributed by atoms with E-state index in [4.69, 9.17) is 4.52 Å². The van der Waals surface area contributed by atoms with E-state index in [2.05, 4.69) is 10.5 Å². The highest BCUT2D eigenvalue weighted by molar-refractivity contribution is 7.89. The molecule has 28 heavy (non-hydrogen) atoms. The molecular formula is C20H27N3O4S. The summed E-state index contributed by atoms with van der Waals surface area (Å²) in [6, 6.07) is 6.63. The second-order valence-electron chi connectivity index (χ2n) is 6.49. The van der Waals surface area contributed by atoms with E-state index < -0.39 is 10.0 Å². The van der Waals surface area contributed by atoms with Crippen LogP contribution in [0, 0.1) is 6.92 Å². The number of nitrogens with one attached hydrogen (secondary N) is 1. The van der Waals surface area contributed by atoms with E-state index in [1.54, 1.807) is 57.3 Å². The average molecular weight is 406 g/mol. The lowest BCUT2D eigenvalue weighted by molar-refractivity contribution is -0.115. The molecule has 152 valence electrons. The Labute approximate surface area is 166 Å². The first-order chi connectivity index (χ1) is 13.3. The first-order valence-corrected chi connectivity index (χ1v) is 10.7. The van der Waals surface area contributed by atoms with Gasteiger partial charge in [0.05, 0.1) is 4.90 Å². The summed E-state index contributed by atoms with van der Waals surface area (Å²) in [5, 5.41) is 6.65. The molecule has 0 saturated heterocycles. The van der Waals surface area contributed by atoms with Crippen LogP contribution in [-0.4, -0.2) is 37.4 Å². The van der Waals surface area contributed by atoms with Crippen molar-refractivity contribution >= 4 is 33.8 Å². The Bertz CT molecular complexity index is 931. The fourth-order valence-corrected chi connectivity index (χ4v) is 3.69. The highest BCUT2D eigenvalue weighted by Gasteiger charge is 2.19. The Hall–Kier alpha value is -2.45. The van der Waals surface area contributed by atoms with Crippen LogP contribution >= 0.6 is 0 Å². The molecule has 1 aromatic heterocycles. The van der Waals surface area contributed by atoms with Gasteiger partial charge in [-0.15, -0.1) is 0 Å². The van der Waals surface area contributed by atoms with Gasteiger partial charge >= 0.3 is 0 Å². The number of amides is 1. The Morgan fingerprint density at radius 1 is 1.21 bits per heavy atom. The number of aryl methyl sites for hydroxylation is 1. The van der Waals surface area contributed by atoms with E-state index in [1.807, 2.05) is 6.92 Å². The third-order valence-electron chi connectivity index (χ3n) is 4.32. The van der Waals surface area contributed by atoms with Gasteiger partial charge in [-0.25, -0.2) is 12.7 Å². The minimum atomic E-state index is -3.48. The maximum atomic E-state index is 12.6. The van der Waals surface area contributed by atoms with Crippen LogP contribution in [0.5, 0.6) is 0 Å². The van der Waals surface area contributed by atoms with Gasteiger partial charge in [0.1, 0.15) is 11.4 Å². The third-order valence-corrected chi connectivity index (χ3v) is 6.19. The van der Waals surface area contributed by atoms with Gasteiger partial charge in [-0.05, 0) is 37.1 Å². The van der Waals surface area contributed by atoms with Crippen molar-refractivity contribution < 1.29 is 17.7 Å². The van der Waals surface area contributed by atoms with Crippen LogP contribution in [0.2, 0.25) is 0 Å². The lowest BCUT2D eigenvalue weighted by Gasteiger charge is -2.16. The smallest absolute Gasteiger partial charge is 0.242 e. The summed E-state index contributed by atoms with van der Waals surface area (Å²) in [6.07, 6.45) is 5.59. The fourth-order valence-electron chi connectivity index (χ4n) is 2.48. The fraction of sp³-hybridized carbons (Fsp3) is 0.400. The molecule has 0 radical (unpaired) electrons. The first kappa shape index (κ1) is 21.8. The largest absolute Gasteiger partial charge is 0.354 e. The molecule has 0 aliphatic rings. The summed E-state index contributed by atoms with van der Waals surface area (Å²) in [5.41, 5.74) is 1.94. The van der Waals surface area contributed by atoms with Crippen LogP contribution in [0.3, 0.4) is 0 Å². The van der Waals surface area contributed by atoms with Crippen LogP contribution in [0.1, 0.15) is 50.1 Å². The van der Waals surface area contributed by atoms with Crippen molar-refractivity contribution in [2.45, 2.75) is 44.9 Å². The molecule has 0 fully saturated rings. The molecule has 0 bridgehead atoms. The van der Waals surface area contributed by atoms with E-state index in [1.165, 1.54) is 4.31 Å². The number of hydrogen-bond acceptors (Lipinski definition) is 5. The Morgan fingerprint density at radius 3 is 2.50 bits per heavy atom. The minimum Gasteiger partial charge on any atom is -0.354 e. The molecule has 2 aromatic rings. The number of carbonyl (C=O) groups is 1.